The molecule has 50 heavy (non-hydrogen) atoms. The van der Waals surface area contributed by atoms with Crippen molar-refractivity contribution in [3.8, 4) is 11.1 Å². The van der Waals surface area contributed by atoms with Crippen molar-refractivity contribution in [1.29, 1.82) is 0 Å². The van der Waals surface area contributed by atoms with Gasteiger partial charge in [-0.25, -0.2) is 4.98 Å². The number of rotatable bonds is 8. The van der Waals surface area contributed by atoms with E-state index in [-0.39, 0.29) is 12.0 Å². The number of pyridine rings is 2. The number of aromatic nitrogens is 4. The minimum atomic E-state index is -0.258. The fraction of sp³-hybridized carbons (Fsp3) is 0.385. The van der Waals surface area contributed by atoms with Gasteiger partial charge < -0.3 is 15.7 Å². The Hall–Kier alpha value is -4.35. The van der Waals surface area contributed by atoms with Crippen LogP contribution in [0.15, 0.2) is 67.0 Å². The number of nitrogens with zero attached hydrogens (tertiary/aromatic N) is 6. The number of carbonyl (C=O) groups excluding carboxylic acids is 1. The lowest BCUT2D eigenvalue weighted by Gasteiger charge is -2.36. The molecule has 2 saturated heterocycles. The van der Waals surface area contributed by atoms with Crippen LogP contribution in [0.1, 0.15) is 71.9 Å². The van der Waals surface area contributed by atoms with Gasteiger partial charge >= 0.3 is 0 Å². The van der Waals surface area contributed by atoms with Crippen LogP contribution in [0.25, 0.3) is 22.0 Å². The number of piperidine rings is 1. The number of benzene rings is 2. The number of aliphatic hydroxyl groups is 1. The SMILES string of the molecule is Cc1c(Nc2nccc3cc(CN4CC[C@@H](O)C4)cnc23)cccc1-c1cccc(NC(=O)c2cc3n(n2)CCCC3N2CCCCC2)c1Cl. The van der Waals surface area contributed by atoms with Crippen molar-refractivity contribution in [3.63, 3.8) is 0 Å². The van der Waals surface area contributed by atoms with Crippen LogP contribution < -0.4 is 10.6 Å². The molecule has 6 heterocycles. The minimum absolute atomic E-state index is 0.247. The van der Waals surface area contributed by atoms with Crippen LogP contribution in [-0.4, -0.2) is 72.8 Å². The first-order chi connectivity index (χ1) is 24.4. The smallest absolute Gasteiger partial charge is 0.276 e. The Morgan fingerprint density at radius 1 is 0.940 bits per heavy atom. The zero-order chi connectivity index (χ0) is 34.2. The highest BCUT2D eigenvalue weighted by Crippen LogP contribution is 2.39. The topological polar surface area (TPSA) is 111 Å². The molecule has 258 valence electrons. The summed E-state index contributed by atoms with van der Waals surface area (Å²) in [6, 6.07) is 18.2. The second-order valence-corrected chi connectivity index (χ2v) is 14.3. The lowest BCUT2D eigenvalue weighted by atomic mass is 9.98. The van der Waals surface area contributed by atoms with Gasteiger partial charge in [0, 0.05) is 55.2 Å². The predicted molar refractivity (Wildman–Crippen MR) is 198 cm³/mol. The lowest BCUT2D eigenvalue weighted by molar-refractivity contribution is 0.102. The number of nitrogens with one attached hydrogen (secondary N) is 2. The number of aliphatic hydroxyl groups excluding tert-OH is 1. The van der Waals surface area contributed by atoms with Gasteiger partial charge in [0.1, 0.15) is 5.52 Å². The van der Waals surface area contributed by atoms with E-state index in [0.717, 1.165) is 96.5 Å². The van der Waals surface area contributed by atoms with Crippen LogP contribution in [0.3, 0.4) is 0 Å². The van der Waals surface area contributed by atoms with Crippen molar-refractivity contribution in [2.45, 2.75) is 70.7 Å². The Morgan fingerprint density at radius 2 is 1.76 bits per heavy atom. The number of anilines is 3. The molecule has 0 saturated carbocycles. The van der Waals surface area contributed by atoms with E-state index < -0.39 is 0 Å². The molecule has 1 amide bonds. The predicted octanol–water partition coefficient (Wildman–Crippen LogP) is 7.34. The zero-order valence-corrected chi connectivity index (χ0v) is 29.2. The summed E-state index contributed by atoms with van der Waals surface area (Å²) in [4.78, 5) is 27.8. The van der Waals surface area contributed by atoms with Gasteiger partial charge in [-0.1, -0.05) is 42.3 Å². The molecule has 5 aromatic rings. The largest absolute Gasteiger partial charge is 0.392 e. The quantitative estimate of drug-likeness (QED) is 0.155. The normalized spacial score (nSPS) is 19.8. The Kier molecular flexibility index (Phi) is 9.26. The molecule has 3 aromatic heterocycles. The second kappa shape index (κ2) is 14.1. The molecule has 8 rings (SSSR count). The standard InChI is InChI=1S/C39H43ClN8O2/c1-25-29(8-5-10-31(25)43-38-37-27(13-15-41-38)20-26(22-42-37)23-46-19-14-28(49)24-46)30-9-6-11-32(36(30)40)44-39(50)33-21-35-34(12-7-18-48(35)45-33)47-16-3-2-4-17-47/h5-6,8-11,13,15,20-22,28,34,49H,2-4,7,12,14,16-19,23-24H2,1H3,(H,41,43)(H,44,50)/t28-,34?/m1/s1. The number of hydrogen-bond acceptors (Lipinski definition) is 8. The summed E-state index contributed by atoms with van der Waals surface area (Å²) in [5.74, 6) is 0.412. The molecule has 2 aromatic carbocycles. The maximum absolute atomic E-state index is 13.6. The van der Waals surface area contributed by atoms with Crippen LogP contribution in [0.5, 0.6) is 0 Å². The lowest BCUT2D eigenvalue weighted by Crippen LogP contribution is -2.36. The van der Waals surface area contributed by atoms with Crippen molar-refractivity contribution in [1.82, 2.24) is 29.5 Å². The Morgan fingerprint density at radius 3 is 2.58 bits per heavy atom. The monoisotopic (exact) mass is 690 g/mol. The van der Waals surface area contributed by atoms with Crippen molar-refractivity contribution >= 4 is 45.6 Å². The molecule has 10 nitrogen and oxygen atoms in total. The third kappa shape index (κ3) is 6.60. The Bertz CT molecular complexity index is 2040. The zero-order valence-electron chi connectivity index (χ0n) is 28.4. The fourth-order valence-corrected chi connectivity index (χ4v) is 8.16. The molecular weight excluding hydrogens is 648 g/mol. The van der Waals surface area contributed by atoms with Gasteiger partial charge in [0.05, 0.1) is 28.5 Å². The molecule has 1 unspecified atom stereocenters. The third-order valence-electron chi connectivity index (χ3n) is 10.5. The second-order valence-electron chi connectivity index (χ2n) is 13.9. The van der Waals surface area contributed by atoms with E-state index in [4.69, 9.17) is 21.7 Å². The van der Waals surface area contributed by atoms with E-state index in [1.807, 2.05) is 59.4 Å². The molecule has 0 radical (unpaired) electrons. The van der Waals surface area contributed by atoms with Gasteiger partial charge in [0.2, 0.25) is 0 Å². The average Bonchev–Trinajstić information content (AvgIpc) is 3.76. The summed E-state index contributed by atoms with van der Waals surface area (Å²) in [5.41, 5.74) is 7.65. The highest BCUT2D eigenvalue weighted by atomic mass is 35.5. The number of aryl methyl sites for hydroxylation is 1. The van der Waals surface area contributed by atoms with E-state index in [0.29, 0.717) is 34.8 Å². The first-order valence-corrected chi connectivity index (χ1v) is 18.2. The number of halogens is 1. The molecule has 0 bridgehead atoms. The molecule has 3 aliphatic heterocycles. The summed E-state index contributed by atoms with van der Waals surface area (Å²) in [7, 11) is 0. The van der Waals surface area contributed by atoms with Crippen LogP contribution in [0.2, 0.25) is 5.02 Å². The fourth-order valence-electron chi connectivity index (χ4n) is 7.88. The summed E-state index contributed by atoms with van der Waals surface area (Å²) in [5, 5.41) is 22.7. The number of β-amino-alcohol motifs (C(OH)–C–C–N with tert-alkyl or cyclic N) is 1. The minimum Gasteiger partial charge on any atom is -0.392 e. The van der Waals surface area contributed by atoms with Gasteiger partial charge in [-0.3, -0.25) is 24.3 Å². The van der Waals surface area contributed by atoms with Gasteiger partial charge in [-0.2, -0.15) is 5.10 Å². The average molecular weight is 691 g/mol. The van der Waals surface area contributed by atoms with Crippen molar-refractivity contribution in [3.05, 3.63) is 94.5 Å². The highest BCUT2D eigenvalue weighted by Gasteiger charge is 2.30. The van der Waals surface area contributed by atoms with Crippen molar-refractivity contribution in [2.75, 3.05) is 36.8 Å². The maximum Gasteiger partial charge on any atom is 0.276 e. The molecule has 0 aliphatic carbocycles. The van der Waals surface area contributed by atoms with E-state index in [9.17, 15) is 9.90 Å². The molecule has 3 aliphatic rings. The van der Waals surface area contributed by atoms with Crippen molar-refractivity contribution in [2.24, 2.45) is 0 Å². The Labute approximate surface area is 297 Å². The summed E-state index contributed by atoms with van der Waals surface area (Å²) in [6.07, 6.45) is 10.2. The van der Waals surface area contributed by atoms with E-state index in [1.165, 1.54) is 19.3 Å². The maximum atomic E-state index is 13.6. The molecule has 3 N–H and O–H groups in total. The number of hydrogen-bond donors (Lipinski definition) is 3. The molecule has 0 spiro atoms. The Balaban J connectivity index is 1.01. The first-order valence-electron chi connectivity index (χ1n) is 17.8. The number of carbonyl (C=O) groups is 1. The summed E-state index contributed by atoms with van der Waals surface area (Å²) >= 11 is 7.04. The molecular formula is C39H43ClN8O2. The van der Waals surface area contributed by atoms with E-state index >= 15 is 0 Å². The van der Waals surface area contributed by atoms with Gasteiger partial charge in [-0.05, 0) is 99.1 Å². The van der Waals surface area contributed by atoms with Crippen LogP contribution in [0.4, 0.5) is 17.2 Å². The van der Waals surface area contributed by atoms with Gasteiger partial charge in [0.15, 0.2) is 11.5 Å². The van der Waals surface area contributed by atoms with Crippen LogP contribution in [-0.2, 0) is 13.1 Å². The van der Waals surface area contributed by atoms with E-state index in [2.05, 4.69) is 38.4 Å². The van der Waals surface area contributed by atoms with E-state index in [1.54, 1.807) is 6.20 Å². The summed E-state index contributed by atoms with van der Waals surface area (Å²) in [6.45, 7) is 7.45. The molecule has 2 atom stereocenters. The number of amides is 1. The number of fused-ring (bicyclic) bond motifs is 2. The van der Waals surface area contributed by atoms with Gasteiger partial charge in [-0.15, -0.1) is 0 Å². The van der Waals surface area contributed by atoms with Crippen LogP contribution >= 0.6 is 11.6 Å². The highest BCUT2D eigenvalue weighted by molar-refractivity contribution is 6.36. The molecule has 2 fully saturated rings. The van der Waals surface area contributed by atoms with Gasteiger partial charge in [0.25, 0.3) is 5.91 Å². The van der Waals surface area contributed by atoms with Crippen molar-refractivity contribution < 1.29 is 9.90 Å². The van der Waals surface area contributed by atoms with Crippen LogP contribution in [0, 0.1) is 6.92 Å². The summed E-state index contributed by atoms with van der Waals surface area (Å²) < 4.78 is 2.03. The molecule has 11 heteroatoms. The number of likely N-dealkylation sites (tertiary alicyclic amines) is 2. The first kappa shape index (κ1) is 32.8. The third-order valence-corrected chi connectivity index (χ3v) is 10.9.